The molecule has 0 aliphatic carbocycles. The first kappa shape index (κ1) is 20.2. The van der Waals surface area contributed by atoms with Crippen molar-refractivity contribution in [2.24, 2.45) is 0 Å². The molecule has 1 fully saturated rings. The molecule has 2 N–H and O–H groups in total. The van der Waals surface area contributed by atoms with Gasteiger partial charge in [0.15, 0.2) is 0 Å². The number of rotatable bonds is 9. The van der Waals surface area contributed by atoms with Gasteiger partial charge in [0.05, 0.1) is 6.61 Å². The van der Waals surface area contributed by atoms with Crippen molar-refractivity contribution in [1.29, 1.82) is 0 Å². The van der Waals surface area contributed by atoms with Crippen LogP contribution in [0.5, 0.6) is 0 Å². The molecule has 0 radical (unpaired) electrons. The van der Waals surface area contributed by atoms with Crippen LogP contribution in [-0.4, -0.2) is 68.6 Å². The summed E-state index contributed by atoms with van der Waals surface area (Å²) in [6.07, 6.45) is 3.40. The highest BCUT2D eigenvalue weighted by atomic mass is 16.6. The first-order chi connectivity index (χ1) is 10.8. The van der Waals surface area contributed by atoms with E-state index in [2.05, 4.69) is 17.6 Å². The molecule has 6 heteroatoms. The van der Waals surface area contributed by atoms with E-state index in [9.17, 15) is 4.79 Å². The molecular formula is C17H35N3O3. The Kier molecular flexibility index (Phi) is 8.87. The molecule has 1 heterocycles. The van der Waals surface area contributed by atoms with Crippen LogP contribution >= 0.6 is 0 Å². The highest BCUT2D eigenvalue weighted by Gasteiger charge is 2.22. The smallest absolute Gasteiger partial charge is 0.410 e. The van der Waals surface area contributed by atoms with Gasteiger partial charge in [0, 0.05) is 38.8 Å². The van der Waals surface area contributed by atoms with E-state index in [1.165, 1.54) is 12.8 Å². The molecule has 2 unspecified atom stereocenters. The average molecular weight is 329 g/mol. The molecule has 1 amide bonds. The third-order valence-corrected chi connectivity index (χ3v) is 3.89. The Hall–Kier alpha value is -0.850. The Morgan fingerprint density at radius 2 is 2.13 bits per heavy atom. The lowest BCUT2D eigenvalue weighted by Gasteiger charge is -2.28. The molecule has 2 atom stereocenters. The van der Waals surface area contributed by atoms with E-state index in [4.69, 9.17) is 9.47 Å². The highest BCUT2D eigenvalue weighted by Crippen LogP contribution is 2.11. The summed E-state index contributed by atoms with van der Waals surface area (Å²) >= 11 is 0. The lowest BCUT2D eigenvalue weighted by atomic mass is 10.1. The standard InChI is InChI=1S/C17H35N3O3/c1-14(13-15-7-6-8-19-15)18-9-10-20(11-12-22-5)16(21)23-17(2,3)4/h14-15,18-19H,6-13H2,1-5H3. The van der Waals surface area contributed by atoms with Crippen molar-refractivity contribution in [2.45, 2.75) is 64.6 Å². The lowest BCUT2D eigenvalue weighted by Crippen LogP contribution is -2.44. The van der Waals surface area contributed by atoms with Gasteiger partial charge in [-0.1, -0.05) is 0 Å². The van der Waals surface area contributed by atoms with Crippen molar-refractivity contribution in [3.05, 3.63) is 0 Å². The molecule has 0 spiro atoms. The Morgan fingerprint density at radius 3 is 2.70 bits per heavy atom. The summed E-state index contributed by atoms with van der Waals surface area (Å²) in [5.74, 6) is 0. The summed E-state index contributed by atoms with van der Waals surface area (Å²) in [5, 5.41) is 7.02. The zero-order valence-electron chi connectivity index (χ0n) is 15.5. The van der Waals surface area contributed by atoms with Crippen LogP contribution in [0.2, 0.25) is 0 Å². The fourth-order valence-corrected chi connectivity index (χ4v) is 2.74. The summed E-state index contributed by atoms with van der Waals surface area (Å²) < 4.78 is 10.5. The molecular weight excluding hydrogens is 294 g/mol. The summed E-state index contributed by atoms with van der Waals surface area (Å²) in [4.78, 5) is 13.9. The highest BCUT2D eigenvalue weighted by molar-refractivity contribution is 5.68. The average Bonchev–Trinajstić information content (AvgIpc) is 2.93. The fourth-order valence-electron chi connectivity index (χ4n) is 2.74. The third-order valence-electron chi connectivity index (χ3n) is 3.89. The zero-order chi connectivity index (χ0) is 17.3. The molecule has 0 saturated carbocycles. The number of methoxy groups -OCH3 is 1. The lowest BCUT2D eigenvalue weighted by molar-refractivity contribution is 0.0203. The monoisotopic (exact) mass is 329 g/mol. The second-order valence-electron chi connectivity index (χ2n) is 7.34. The van der Waals surface area contributed by atoms with E-state index >= 15 is 0 Å². The predicted molar refractivity (Wildman–Crippen MR) is 92.8 cm³/mol. The maximum Gasteiger partial charge on any atom is 0.410 e. The van der Waals surface area contributed by atoms with Gasteiger partial charge in [-0.2, -0.15) is 0 Å². The Balaban J connectivity index is 2.33. The zero-order valence-corrected chi connectivity index (χ0v) is 15.5. The molecule has 1 saturated heterocycles. The molecule has 0 aromatic heterocycles. The van der Waals surface area contributed by atoms with Crippen molar-refractivity contribution in [3.63, 3.8) is 0 Å². The van der Waals surface area contributed by atoms with Crippen molar-refractivity contribution < 1.29 is 14.3 Å². The van der Waals surface area contributed by atoms with Crippen LogP contribution in [-0.2, 0) is 9.47 Å². The normalized spacial score (nSPS) is 19.6. The summed E-state index contributed by atoms with van der Waals surface area (Å²) in [7, 11) is 1.64. The summed E-state index contributed by atoms with van der Waals surface area (Å²) in [6, 6.07) is 1.07. The van der Waals surface area contributed by atoms with E-state index in [1.54, 1.807) is 12.0 Å². The van der Waals surface area contributed by atoms with Gasteiger partial charge in [-0.15, -0.1) is 0 Å². The molecule has 0 bridgehead atoms. The van der Waals surface area contributed by atoms with Gasteiger partial charge in [0.1, 0.15) is 5.60 Å². The van der Waals surface area contributed by atoms with Gasteiger partial charge in [-0.05, 0) is 53.5 Å². The van der Waals surface area contributed by atoms with Gasteiger partial charge < -0.3 is 25.0 Å². The maximum atomic E-state index is 12.2. The SMILES string of the molecule is COCCN(CCNC(C)CC1CCCN1)C(=O)OC(C)(C)C. The molecule has 23 heavy (non-hydrogen) atoms. The summed E-state index contributed by atoms with van der Waals surface area (Å²) in [5.41, 5.74) is -0.475. The number of hydrogen-bond acceptors (Lipinski definition) is 5. The van der Waals surface area contributed by atoms with Crippen LogP contribution in [0.4, 0.5) is 4.79 Å². The van der Waals surface area contributed by atoms with E-state index < -0.39 is 5.60 Å². The number of amides is 1. The Morgan fingerprint density at radius 1 is 1.39 bits per heavy atom. The van der Waals surface area contributed by atoms with Crippen molar-refractivity contribution in [1.82, 2.24) is 15.5 Å². The minimum absolute atomic E-state index is 0.276. The molecule has 1 aliphatic rings. The Bertz CT molecular complexity index is 338. The molecule has 0 aromatic carbocycles. The quantitative estimate of drug-likeness (QED) is 0.677. The first-order valence-corrected chi connectivity index (χ1v) is 8.75. The van der Waals surface area contributed by atoms with Crippen molar-refractivity contribution >= 4 is 6.09 Å². The number of carbonyl (C=O) groups is 1. The number of hydrogen-bond donors (Lipinski definition) is 2. The predicted octanol–water partition coefficient (Wildman–Crippen LogP) is 1.99. The topological polar surface area (TPSA) is 62.8 Å². The van der Waals surface area contributed by atoms with Gasteiger partial charge >= 0.3 is 6.09 Å². The second kappa shape index (κ2) is 10.1. The number of ether oxygens (including phenoxy) is 2. The largest absolute Gasteiger partial charge is 0.444 e. The van der Waals surface area contributed by atoms with Crippen LogP contribution in [0.25, 0.3) is 0 Å². The fraction of sp³-hybridized carbons (Fsp3) is 0.941. The van der Waals surface area contributed by atoms with Crippen LogP contribution in [0.1, 0.15) is 47.0 Å². The maximum absolute atomic E-state index is 12.2. The number of nitrogens with one attached hydrogen (secondary N) is 2. The number of nitrogens with zero attached hydrogens (tertiary/aromatic N) is 1. The van der Waals surface area contributed by atoms with Crippen LogP contribution in [0.15, 0.2) is 0 Å². The van der Waals surface area contributed by atoms with E-state index in [0.717, 1.165) is 19.5 Å². The molecule has 1 aliphatic heterocycles. The molecule has 6 nitrogen and oxygen atoms in total. The second-order valence-corrected chi connectivity index (χ2v) is 7.34. The third kappa shape index (κ3) is 9.13. The van der Waals surface area contributed by atoms with E-state index in [-0.39, 0.29) is 6.09 Å². The van der Waals surface area contributed by atoms with Gasteiger partial charge in [-0.25, -0.2) is 4.79 Å². The number of carbonyl (C=O) groups excluding carboxylic acids is 1. The van der Waals surface area contributed by atoms with Gasteiger partial charge in [0.25, 0.3) is 0 Å². The molecule has 0 aromatic rings. The van der Waals surface area contributed by atoms with Gasteiger partial charge in [-0.3, -0.25) is 0 Å². The molecule has 1 rings (SSSR count). The van der Waals surface area contributed by atoms with Gasteiger partial charge in [0.2, 0.25) is 0 Å². The molecule has 136 valence electrons. The first-order valence-electron chi connectivity index (χ1n) is 8.75. The van der Waals surface area contributed by atoms with Crippen molar-refractivity contribution in [2.75, 3.05) is 39.9 Å². The summed E-state index contributed by atoms with van der Waals surface area (Å²) in [6.45, 7) is 11.4. The van der Waals surface area contributed by atoms with Crippen molar-refractivity contribution in [3.8, 4) is 0 Å². The minimum Gasteiger partial charge on any atom is -0.444 e. The van der Waals surface area contributed by atoms with E-state index in [0.29, 0.717) is 31.8 Å². The van der Waals surface area contributed by atoms with E-state index in [1.807, 2.05) is 20.8 Å². The van der Waals surface area contributed by atoms with Crippen LogP contribution in [0, 0.1) is 0 Å². The minimum atomic E-state index is -0.475. The van der Waals surface area contributed by atoms with Crippen LogP contribution in [0.3, 0.4) is 0 Å². The Labute approximate surface area is 141 Å². The van der Waals surface area contributed by atoms with Crippen LogP contribution < -0.4 is 10.6 Å².